The zero-order valence-electron chi connectivity index (χ0n) is 15.6. The first-order chi connectivity index (χ1) is 12.1. The lowest BCUT2D eigenvalue weighted by Crippen LogP contribution is -2.19. The Morgan fingerprint density at radius 2 is 1.32 bits per heavy atom. The lowest BCUT2D eigenvalue weighted by molar-refractivity contribution is 0.638. The largest absolute Gasteiger partial charge is 0.0622 e. The summed E-state index contributed by atoms with van der Waals surface area (Å²) in [6, 6.07) is 28.6. The molecule has 0 aliphatic rings. The Kier molecular flexibility index (Phi) is 5.38. The molecule has 25 heavy (non-hydrogen) atoms. The van der Waals surface area contributed by atoms with Crippen LogP contribution in [0.15, 0.2) is 78.9 Å². The van der Waals surface area contributed by atoms with Crippen molar-refractivity contribution >= 4 is 0 Å². The molecule has 0 heteroatoms. The van der Waals surface area contributed by atoms with Crippen molar-refractivity contribution in [2.45, 2.75) is 45.4 Å². The molecule has 0 spiro atoms. The van der Waals surface area contributed by atoms with E-state index in [1.165, 1.54) is 34.2 Å². The summed E-state index contributed by atoms with van der Waals surface area (Å²) in [5.41, 5.74) is 7.12. The monoisotopic (exact) mass is 328 g/mol. The van der Waals surface area contributed by atoms with Gasteiger partial charge in [0.05, 0.1) is 0 Å². The maximum absolute atomic E-state index is 2.42. The van der Waals surface area contributed by atoms with Gasteiger partial charge in [-0.05, 0) is 54.0 Å². The van der Waals surface area contributed by atoms with Gasteiger partial charge in [-0.25, -0.2) is 0 Å². The fourth-order valence-electron chi connectivity index (χ4n) is 3.48. The second-order valence-electron chi connectivity index (χ2n) is 7.47. The Balaban J connectivity index is 1.76. The van der Waals surface area contributed by atoms with Gasteiger partial charge in [0.15, 0.2) is 0 Å². The molecule has 0 aliphatic carbocycles. The van der Waals surface area contributed by atoms with E-state index < -0.39 is 0 Å². The molecule has 0 saturated carbocycles. The van der Waals surface area contributed by atoms with E-state index in [9.17, 15) is 0 Å². The minimum Gasteiger partial charge on any atom is -0.0622 e. The molecule has 3 rings (SSSR count). The van der Waals surface area contributed by atoms with Gasteiger partial charge in [0.1, 0.15) is 0 Å². The molecule has 128 valence electrons. The average molecular weight is 328 g/mol. The highest BCUT2D eigenvalue weighted by molar-refractivity contribution is 5.41. The fourth-order valence-corrected chi connectivity index (χ4v) is 3.48. The van der Waals surface area contributed by atoms with Crippen LogP contribution >= 0.6 is 0 Å². The van der Waals surface area contributed by atoms with Crippen LogP contribution in [-0.2, 0) is 18.3 Å². The van der Waals surface area contributed by atoms with Crippen LogP contribution in [0, 0.1) is 6.92 Å². The molecule has 0 unspecified atom stereocenters. The number of benzene rings is 3. The van der Waals surface area contributed by atoms with Gasteiger partial charge in [-0.1, -0.05) is 92.7 Å². The molecule has 0 nitrogen and oxygen atoms in total. The van der Waals surface area contributed by atoms with Crippen LogP contribution in [0.5, 0.6) is 0 Å². The average Bonchev–Trinajstić information content (AvgIpc) is 2.65. The first-order valence-electron chi connectivity index (χ1n) is 9.27. The van der Waals surface area contributed by atoms with E-state index in [0.29, 0.717) is 0 Å². The summed E-state index contributed by atoms with van der Waals surface area (Å²) < 4.78 is 0. The summed E-state index contributed by atoms with van der Waals surface area (Å²) >= 11 is 0. The summed E-state index contributed by atoms with van der Waals surface area (Å²) in [5.74, 6) is 0. The zero-order valence-corrected chi connectivity index (χ0v) is 15.6. The second kappa shape index (κ2) is 7.70. The molecule has 0 saturated heterocycles. The molecule has 0 radical (unpaired) electrons. The maximum Gasteiger partial charge on any atom is 0.0146 e. The second-order valence-corrected chi connectivity index (χ2v) is 7.47. The molecule has 0 fully saturated rings. The smallest absolute Gasteiger partial charge is 0.0146 e. The molecule has 0 heterocycles. The molecule has 0 atom stereocenters. The lowest BCUT2D eigenvalue weighted by Gasteiger charge is -2.27. The van der Waals surface area contributed by atoms with E-state index in [1.54, 1.807) is 0 Å². The highest BCUT2D eigenvalue weighted by atomic mass is 14.3. The van der Waals surface area contributed by atoms with Crippen molar-refractivity contribution in [3.63, 3.8) is 0 Å². The predicted octanol–water partition coefficient (Wildman–Crippen LogP) is 6.50. The van der Waals surface area contributed by atoms with E-state index in [4.69, 9.17) is 0 Å². The Labute approximate surface area is 152 Å². The normalized spacial score (nSPS) is 11.5. The quantitative estimate of drug-likeness (QED) is 0.485. The number of aryl methyl sites for hydroxylation is 3. The standard InChI is InChI=1S/C25H28/c1-20-17-18-24(25(2,3)23-15-8-5-9-16-23)19-22(20)14-10-13-21-11-6-4-7-12-21/h4-9,11-12,15-19H,10,13-14H2,1-3H3. The van der Waals surface area contributed by atoms with Crippen LogP contribution in [0.2, 0.25) is 0 Å². The minimum absolute atomic E-state index is 0.0309. The topological polar surface area (TPSA) is 0 Å². The molecule has 0 aliphatic heterocycles. The minimum atomic E-state index is 0.0309. The van der Waals surface area contributed by atoms with Crippen LogP contribution in [0.4, 0.5) is 0 Å². The van der Waals surface area contributed by atoms with E-state index >= 15 is 0 Å². The molecule has 0 aromatic heterocycles. The Bertz CT molecular complexity index is 798. The number of hydrogen-bond acceptors (Lipinski definition) is 0. The van der Waals surface area contributed by atoms with Gasteiger partial charge in [0, 0.05) is 5.41 Å². The van der Waals surface area contributed by atoms with Gasteiger partial charge in [-0.2, -0.15) is 0 Å². The summed E-state index contributed by atoms with van der Waals surface area (Å²) in [7, 11) is 0. The van der Waals surface area contributed by atoms with Gasteiger partial charge in [-0.15, -0.1) is 0 Å². The third-order valence-corrected chi connectivity index (χ3v) is 5.32. The van der Waals surface area contributed by atoms with Crippen LogP contribution in [0.3, 0.4) is 0 Å². The molecular weight excluding hydrogens is 300 g/mol. The SMILES string of the molecule is Cc1ccc(C(C)(C)c2ccccc2)cc1CCCc1ccccc1. The van der Waals surface area contributed by atoms with E-state index in [1.807, 2.05) is 0 Å². The Hall–Kier alpha value is -2.34. The van der Waals surface area contributed by atoms with Crippen molar-refractivity contribution in [1.29, 1.82) is 0 Å². The third-order valence-electron chi connectivity index (χ3n) is 5.32. The number of rotatable bonds is 6. The first kappa shape index (κ1) is 17.5. The lowest BCUT2D eigenvalue weighted by atomic mass is 9.77. The van der Waals surface area contributed by atoms with E-state index in [-0.39, 0.29) is 5.41 Å². The van der Waals surface area contributed by atoms with Gasteiger partial charge in [0.2, 0.25) is 0 Å². The van der Waals surface area contributed by atoms with Crippen molar-refractivity contribution < 1.29 is 0 Å². The van der Waals surface area contributed by atoms with Crippen LogP contribution in [0.25, 0.3) is 0 Å². The molecule has 3 aromatic carbocycles. The Morgan fingerprint density at radius 1 is 0.680 bits per heavy atom. The van der Waals surface area contributed by atoms with Crippen molar-refractivity contribution in [2.75, 3.05) is 0 Å². The number of hydrogen-bond donors (Lipinski definition) is 0. The van der Waals surface area contributed by atoms with Crippen LogP contribution in [-0.4, -0.2) is 0 Å². The highest BCUT2D eigenvalue weighted by Crippen LogP contribution is 2.32. The fraction of sp³-hybridized carbons (Fsp3) is 0.280. The summed E-state index contributed by atoms with van der Waals surface area (Å²) in [6.45, 7) is 6.87. The molecular formula is C25H28. The summed E-state index contributed by atoms with van der Waals surface area (Å²) in [6.07, 6.45) is 3.48. The first-order valence-corrected chi connectivity index (χ1v) is 9.27. The highest BCUT2D eigenvalue weighted by Gasteiger charge is 2.23. The van der Waals surface area contributed by atoms with E-state index in [0.717, 1.165) is 12.8 Å². The molecule has 3 aromatic rings. The van der Waals surface area contributed by atoms with Crippen molar-refractivity contribution in [2.24, 2.45) is 0 Å². The van der Waals surface area contributed by atoms with Crippen molar-refractivity contribution in [1.82, 2.24) is 0 Å². The van der Waals surface area contributed by atoms with Gasteiger partial charge >= 0.3 is 0 Å². The third kappa shape index (κ3) is 4.20. The maximum atomic E-state index is 2.42. The van der Waals surface area contributed by atoms with Gasteiger partial charge < -0.3 is 0 Å². The van der Waals surface area contributed by atoms with Crippen molar-refractivity contribution in [3.05, 3.63) is 107 Å². The molecule has 0 amide bonds. The van der Waals surface area contributed by atoms with Crippen LogP contribution in [0.1, 0.15) is 48.1 Å². The van der Waals surface area contributed by atoms with Gasteiger partial charge in [0.25, 0.3) is 0 Å². The summed E-state index contributed by atoms with van der Waals surface area (Å²) in [5, 5.41) is 0. The predicted molar refractivity (Wildman–Crippen MR) is 108 cm³/mol. The summed E-state index contributed by atoms with van der Waals surface area (Å²) in [4.78, 5) is 0. The molecule has 0 N–H and O–H groups in total. The Morgan fingerprint density at radius 3 is 2.00 bits per heavy atom. The van der Waals surface area contributed by atoms with Crippen LogP contribution < -0.4 is 0 Å². The zero-order chi connectivity index (χ0) is 17.7. The molecule has 0 bridgehead atoms. The van der Waals surface area contributed by atoms with E-state index in [2.05, 4.69) is 99.6 Å². The van der Waals surface area contributed by atoms with Crippen molar-refractivity contribution in [3.8, 4) is 0 Å². The van der Waals surface area contributed by atoms with Gasteiger partial charge in [-0.3, -0.25) is 0 Å².